The average Bonchev–Trinajstić information content (AvgIpc) is 3.34. The molecule has 0 radical (unpaired) electrons. The highest BCUT2D eigenvalue weighted by molar-refractivity contribution is 7.99. The summed E-state index contributed by atoms with van der Waals surface area (Å²) < 4.78 is 5.81. The Hall–Kier alpha value is -2.47. The third-order valence-corrected chi connectivity index (χ3v) is 7.64. The summed E-state index contributed by atoms with van der Waals surface area (Å²) in [4.78, 5) is 26.8. The number of carbonyl (C=O) groups is 2. The van der Waals surface area contributed by atoms with E-state index in [1.165, 1.54) is 16.0 Å². The zero-order valence-electron chi connectivity index (χ0n) is 16.7. The number of fused-ring (bicyclic) bond motifs is 3. The van der Waals surface area contributed by atoms with Crippen LogP contribution in [0.25, 0.3) is 11.1 Å². The normalized spacial score (nSPS) is 21.0. The molecular weight excluding hydrogens is 398 g/mol. The van der Waals surface area contributed by atoms with Gasteiger partial charge in [0.25, 0.3) is 0 Å². The van der Waals surface area contributed by atoms with Crippen molar-refractivity contribution in [3.05, 3.63) is 59.7 Å². The standard InChI is InChI=1S/C24H25NO4S/c26-23(27)22(15-11-12-30-14-15)25(16-9-10-16)24(28)29-13-21-19-7-3-1-5-17(19)18-6-2-4-8-20(18)21/h1-8,15-16,21-22H,9-14H2,(H,26,27). The van der Waals surface area contributed by atoms with Gasteiger partial charge in [0, 0.05) is 17.9 Å². The lowest BCUT2D eigenvalue weighted by Crippen LogP contribution is -2.51. The molecule has 3 aliphatic rings. The van der Waals surface area contributed by atoms with E-state index in [2.05, 4.69) is 24.3 Å². The number of hydrogen-bond acceptors (Lipinski definition) is 4. The van der Waals surface area contributed by atoms with E-state index in [1.54, 1.807) is 11.8 Å². The Kier molecular flexibility index (Phi) is 5.19. The van der Waals surface area contributed by atoms with E-state index in [0.29, 0.717) is 0 Å². The van der Waals surface area contributed by atoms with Crippen molar-refractivity contribution in [2.75, 3.05) is 18.1 Å². The maximum Gasteiger partial charge on any atom is 0.410 e. The van der Waals surface area contributed by atoms with Crippen molar-refractivity contribution in [3.8, 4) is 11.1 Å². The van der Waals surface area contributed by atoms with Crippen molar-refractivity contribution in [3.63, 3.8) is 0 Å². The highest BCUT2D eigenvalue weighted by atomic mass is 32.2. The summed E-state index contributed by atoms with van der Waals surface area (Å²) >= 11 is 1.77. The molecule has 156 valence electrons. The zero-order chi connectivity index (χ0) is 20.7. The van der Waals surface area contributed by atoms with Crippen molar-refractivity contribution in [2.24, 2.45) is 5.92 Å². The molecular formula is C24H25NO4S. The van der Waals surface area contributed by atoms with Crippen LogP contribution in [0.2, 0.25) is 0 Å². The predicted octanol–water partition coefficient (Wildman–Crippen LogP) is 4.61. The van der Waals surface area contributed by atoms with Crippen LogP contribution in [-0.2, 0) is 9.53 Å². The highest BCUT2D eigenvalue weighted by Crippen LogP contribution is 2.45. The molecule has 30 heavy (non-hydrogen) atoms. The number of thioether (sulfide) groups is 1. The van der Waals surface area contributed by atoms with Gasteiger partial charge in [-0.05, 0) is 53.0 Å². The minimum Gasteiger partial charge on any atom is -0.480 e. The molecule has 5 rings (SSSR count). The number of amides is 1. The molecule has 1 heterocycles. The third kappa shape index (κ3) is 3.47. The molecule has 2 aromatic rings. The summed E-state index contributed by atoms with van der Waals surface area (Å²) in [6, 6.07) is 15.6. The Labute approximate surface area is 180 Å². The predicted molar refractivity (Wildman–Crippen MR) is 117 cm³/mol. The first-order chi connectivity index (χ1) is 14.6. The highest BCUT2D eigenvalue weighted by Gasteiger charge is 2.46. The molecule has 2 aliphatic carbocycles. The molecule has 1 aliphatic heterocycles. The van der Waals surface area contributed by atoms with Gasteiger partial charge in [0.2, 0.25) is 0 Å². The van der Waals surface area contributed by atoms with E-state index in [0.717, 1.165) is 41.9 Å². The molecule has 1 saturated carbocycles. The fraction of sp³-hybridized carbons (Fsp3) is 0.417. The molecule has 1 amide bonds. The minimum absolute atomic E-state index is 0.00594. The Morgan fingerprint density at radius 2 is 1.67 bits per heavy atom. The number of carboxylic acids is 1. The van der Waals surface area contributed by atoms with E-state index < -0.39 is 18.1 Å². The molecule has 2 atom stereocenters. The molecule has 1 saturated heterocycles. The third-order valence-electron chi connectivity index (χ3n) is 6.45. The number of carboxylic acid groups (broad SMARTS) is 1. The summed E-state index contributed by atoms with van der Waals surface area (Å²) in [5.74, 6) is 0.804. The molecule has 2 unspecified atom stereocenters. The van der Waals surface area contributed by atoms with Gasteiger partial charge in [-0.3, -0.25) is 4.90 Å². The van der Waals surface area contributed by atoms with E-state index in [4.69, 9.17) is 4.74 Å². The number of benzene rings is 2. The molecule has 0 bridgehead atoms. The quantitative estimate of drug-likeness (QED) is 0.735. The van der Waals surface area contributed by atoms with Crippen LogP contribution in [0.5, 0.6) is 0 Å². The fourth-order valence-electron chi connectivity index (χ4n) is 4.86. The SMILES string of the molecule is O=C(O)C(C1CCSC1)N(C(=O)OCC1c2ccccc2-c2ccccc21)C1CC1. The van der Waals surface area contributed by atoms with E-state index in [9.17, 15) is 14.7 Å². The molecule has 1 N–H and O–H groups in total. The Morgan fingerprint density at radius 1 is 1.03 bits per heavy atom. The van der Waals surface area contributed by atoms with Gasteiger partial charge in [-0.1, -0.05) is 48.5 Å². The van der Waals surface area contributed by atoms with Crippen molar-refractivity contribution in [1.82, 2.24) is 4.90 Å². The molecule has 6 heteroatoms. The zero-order valence-corrected chi connectivity index (χ0v) is 17.5. The largest absolute Gasteiger partial charge is 0.480 e. The van der Waals surface area contributed by atoms with Gasteiger partial charge in [-0.15, -0.1) is 0 Å². The summed E-state index contributed by atoms with van der Waals surface area (Å²) in [6.07, 6.45) is 2.06. The van der Waals surface area contributed by atoms with Crippen molar-refractivity contribution >= 4 is 23.8 Å². The average molecular weight is 424 g/mol. The second-order valence-electron chi connectivity index (χ2n) is 8.35. The minimum atomic E-state index is -0.914. The molecule has 5 nitrogen and oxygen atoms in total. The monoisotopic (exact) mass is 423 g/mol. The van der Waals surface area contributed by atoms with Gasteiger partial charge in [0.1, 0.15) is 12.6 Å². The van der Waals surface area contributed by atoms with Crippen LogP contribution in [0.15, 0.2) is 48.5 Å². The van der Waals surface area contributed by atoms with Crippen LogP contribution in [0.1, 0.15) is 36.3 Å². The summed E-state index contributed by atoms with van der Waals surface area (Å²) in [5.41, 5.74) is 4.68. The maximum atomic E-state index is 13.1. The second-order valence-corrected chi connectivity index (χ2v) is 9.50. The van der Waals surface area contributed by atoms with Crippen molar-refractivity contribution in [2.45, 2.75) is 37.3 Å². The molecule has 0 aromatic heterocycles. The Morgan fingerprint density at radius 3 is 2.20 bits per heavy atom. The maximum absolute atomic E-state index is 13.1. The lowest BCUT2D eigenvalue weighted by Gasteiger charge is -2.32. The van der Waals surface area contributed by atoms with Crippen molar-refractivity contribution in [1.29, 1.82) is 0 Å². The fourth-order valence-corrected chi connectivity index (χ4v) is 6.15. The first-order valence-electron chi connectivity index (χ1n) is 10.6. The van der Waals surface area contributed by atoms with Gasteiger partial charge in [0.05, 0.1) is 0 Å². The van der Waals surface area contributed by atoms with Gasteiger partial charge in [-0.2, -0.15) is 11.8 Å². The van der Waals surface area contributed by atoms with E-state index >= 15 is 0 Å². The van der Waals surface area contributed by atoms with Crippen LogP contribution in [-0.4, -0.2) is 52.3 Å². The number of aliphatic carboxylic acids is 1. The number of hydrogen-bond donors (Lipinski definition) is 1. The lowest BCUT2D eigenvalue weighted by atomic mass is 9.97. The molecule has 2 aromatic carbocycles. The van der Waals surface area contributed by atoms with E-state index in [-0.39, 0.29) is 24.5 Å². The van der Waals surface area contributed by atoms with Gasteiger partial charge >= 0.3 is 12.1 Å². The molecule has 0 spiro atoms. The first-order valence-corrected chi connectivity index (χ1v) is 11.7. The number of carbonyl (C=O) groups excluding carboxylic acids is 1. The van der Waals surface area contributed by atoms with Crippen LogP contribution in [0.3, 0.4) is 0 Å². The van der Waals surface area contributed by atoms with E-state index in [1.807, 2.05) is 24.3 Å². The Balaban J connectivity index is 1.36. The smallest absolute Gasteiger partial charge is 0.410 e. The van der Waals surface area contributed by atoms with Crippen LogP contribution >= 0.6 is 11.8 Å². The second kappa shape index (κ2) is 7.99. The lowest BCUT2D eigenvalue weighted by molar-refractivity contribution is -0.144. The first kappa shape index (κ1) is 19.5. The number of nitrogens with zero attached hydrogens (tertiary/aromatic N) is 1. The van der Waals surface area contributed by atoms with Crippen molar-refractivity contribution < 1.29 is 19.4 Å². The Bertz CT molecular complexity index is 922. The summed E-state index contributed by atoms with van der Waals surface area (Å²) in [7, 11) is 0. The topological polar surface area (TPSA) is 66.8 Å². The van der Waals surface area contributed by atoms with Gasteiger partial charge in [-0.25, -0.2) is 9.59 Å². The summed E-state index contributed by atoms with van der Waals surface area (Å²) in [6.45, 7) is 0.224. The van der Waals surface area contributed by atoms with Crippen LogP contribution in [0.4, 0.5) is 4.79 Å². The van der Waals surface area contributed by atoms with Gasteiger partial charge in [0.15, 0.2) is 0 Å². The number of rotatable bonds is 6. The molecule has 2 fully saturated rings. The van der Waals surface area contributed by atoms with Crippen LogP contribution < -0.4 is 0 Å². The number of ether oxygens (including phenoxy) is 1. The summed E-state index contributed by atoms with van der Waals surface area (Å²) in [5, 5.41) is 9.91. The van der Waals surface area contributed by atoms with Crippen LogP contribution in [0, 0.1) is 5.92 Å². The van der Waals surface area contributed by atoms with Gasteiger partial charge < -0.3 is 9.84 Å².